The van der Waals surface area contributed by atoms with Crippen LogP contribution in [0.3, 0.4) is 0 Å². The first-order valence-corrected chi connectivity index (χ1v) is 5.45. The minimum atomic E-state index is 0.453. The minimum Gasteiger partial charge on any atom is -0.382 e. The van der Waals surface area contributed by atoms with Gasteiger partial charge in [-0.1, -0.05) is 11.6 Å². The van der Waals surface area contributed by atoms with E-state index >= 15 is 0 Å². The van der Waals surface area contributed by atoms with Gasteiger partial charge in [-0.3, -0.25) is 4.98 Å². The van der Waals surface area contributed by atoms with Gasteiger partial charge in [0.05, 0.1) is 38.7 Å². The zero-order valence-corrected chi connectivity index (χ0v) is 10.1. The van der Waals surface area contributed by atoms with Gasteiger partial charge in [-0.2, -0.15) is 0 Å². The van der Waals surface area contributed by atoms with Gasteiger partial charge in [-0.25, -0.2) is 0 Å². The summed E-state index contributed by atoms with van der Waals surface area (Å²) in [5.74, 6) is 0. The number of halogens is 1. The van der Waals surface area contributed by atoms with Crippen molar-refractivity contribution in [1.82, 2.24) is 4.98 Å². The molecule has 5 heteroatoms. The normalized spacial score (nSPS) is 10.6. The van der Waals surface area contributed by atoms with Gasteiger partial charge in [0.2, 0.25) is 0 Å². The highest BCUT2D eigenvalue weighted by atomic mass is 35.5. The third kappa shape index (κ3) is 6.02. The number of hydrogen-bond donors (Lipinski definition) is 0. The predicted octanol–water partition coefficient (Wildman–Crippen LogP) is 1.91. The lowest BCUT2D eigenvalue weighted by atomic mass is 10.4. The standard InChI is InChI=1S/C11H16ClNO3/c1-14-4-5-15-6-7-16-9-11-8-10(12)2-3-13-11/h2-3,8H,4-7,9H2,1H3. The second kappa shape index (κ2) is 8.47. The van der Waals surface area contributed by atoms with E-state index in [9.17, 15) is 0 Å². The molecule has 0 bridgehead atoms. The fourth-order valence-corrected chi connectivity index (χ4v) is 1.25. The summed E-state index contributed by atoms with van der Waals surface area (Å²) in [5, 5.41) is 0.671. The van der Waals surface area contributed by atoms with Gasteiger partial charge in [0.25, 0.3) is 0 Å². The Morgan fingerprint density at radius 1 is 1.19 bits per heavy atom. The zero-order chi connectivity index (χ0) is 11.6. The lowest BCUT2D eigenvalue weighted by molar-refractivity contribution is 0.0192. The minimum absolute atomic E-state index is 0.453. The quantitative estimate of drug-likeness (QED) is 0.656. The summed E-state index contributed by atoms with van der Waals surface area (Å²) in [7, 11) is 1.64. The molecule has 0 spiro atoms. The fraction of sp³-hybridized carbons (Fsp3) is 0.545. The lowest BCUT2D eigenvalue weighted by Gasteiger charge is -2.05. The molecule has 0 N–H and O–H groups in total. The largest absolute Gasteiger partial charge is 0.382 e. The van der Waals surface area contributed by atoms with E-state index in [2.05, 4.69) is 4.98 Å². The number of nitrogens with zero attached hydrogens (tertiary/aromatic N) is 1. The van der Waals surface area contributed by atoms with Crippen molar-refractivity contribution in [2.45, 2.75) is 6.61 Å². The van der Waals surface area contributed by atoms with Crippen LogP contribution in [0.1, 0.15) is 5.69 Å². The summed E-state index contributed by atoms with van der Waals surface area (Å²) in [4.78, 5) is 4.12. The topological polar surface area (TPSA) is 40.6 Å². The summed E-state index contributed by atoms with van der Waals surface area (Å²) in [6, 6.07) is 3.52. The van der Waals surface area contributed by atoms with Crippen LogP contribution < -0.4 is 0 Å². The van der Waals surface area contributed by atoms with Gasteiger partial charge in [0, 0.05) is 18.3 Å². The van der Waals surface area contributed by atoms with Gasteiger partial charge in [-0.05, 0) is 12.1 Å². The van der Waals surface area contributed by atoms with E-state index in [0.717, 1.165) is 5.69 Å². The first-order valence-electron chi connectivity index (χ1n) is 5.08. The van der Waals surface area contributed by atoms with E-state index in [-0.39, 0.29) is 0 Å². The smallest absolute Gasteiger partial charge is 0.0889 e. The van der Waals surface area contributed by atoms with Crippen molar-refractivity contribution in [3.05, 3.63) is 29.0 Å². The average molecular weight is 246 g/mol. The van der Waals surface area contributed by atoms with Gasteiger partial charge in [0.15, 0.2) is 0 Å². The van der Waals surface area contributed by atoms with E-state index < -0.39 is 0 Å². The second-order valence-corrected chi connectivity index (χ2v) is 3.56. The SMILES string of the molecule is COCCOCCOCc1cc(Cl)ccn1. The van der Waals surface area contributed by atoms with Crippen molar-refractivity contribution < 1.29 is 14.2 Å². The predicted molar refractivity (Wildman–Crippen MR) is 61.6 cm³/mol. The maximum absolute atomic E-state index is 5.81. The van der Waals surface area contributed by atoms with Crippen molar-refractivity contribution in [3.63, 3.8) is 0 Å². The molecule has 0 radical (unpaired) electrons. The molecule has 0 aromatic carbocycles. The number of methoxy groups -OCH3 is 1. The molecule has 0 saturated heterocycles. The highest BCUT2D eigenvalue weighted by Crippen LogP contribution is 2.08. The van der Waals surface area contributed by atoms with Crippen LogP contribution in [0.25, 0.3) is 0 Å². The van der Waals surface area contributed by atoms with Crippen molar-refractivity contribution in [2.75, 3.05) is 33.5 Å². The molecule has 0 amide bonds. The molecule has 1 heterocycles. The van der Waals surface area contributed by atoms with Gasteiger partial charge >= 0.3 is 0 Å². The Hall–Kier alpha value is -0.680. The molecule has 1 aromatic rings. The monoisotopic (exact) mass is 245 g/mol. The molecular formula is C11H16ClNO3. The third-order valence-electron chi connectivity index (χ3n) is 1.83. The Bertz CT molecular complexity index is 296. The van der Waals surface area contributed by atoms with Crippen molar-refractivity contribution >= 4 is 11.6 Å². The average Bonchev–Trinajstić information content (AvgIpc) is 2.28. The molecule has 0 saturated carbocycles. The summed E-state index contributed by atoms with van der Waals surface area (Å²) in [5.41, 5.74) is 0.824. The summed E-state index contributed by atoms with van der Waals surface area (Å²) < 4.78 is 15.4. The van der Waals surface area contributed by atoms with E-state index in [1.54, 1.807) is 25.4 Å². The maximum atomic E-state index is 5.81. The summed E-state index contributed by atoms with van der Waals surface area (Å²) in [6.07, 6.45) is 1.66. The first kappa shape index (κ1) is 13.4. The number of pyridine rings is 1. The van der Waals surface area contributed by atoms with Gasteiger partial charge in [0.1, 0.15) is 0 Å². The van der Waals surface area contributed by atoms with E-state index in [1.807, 2.05) is 0 Å². The summed E-state index contributed by atoms with van der Waals surface area (Å²) >= 11 is 5.81. The Labute approximate surface area is 100 Å². The molecule has 0 aliphatic rings. The van der Waals surface area contributed by atoms with Crippen LogP contribution in [0, 0.1) is 0 Å². The molecule has 1 rings (SSSR count). The highest BCUT2D eigenvalue weighted by molar-refractivity contribution is 6.30. The molecule has 0 aliphatic carbocycles. The Morgan fingerprint density at radius 2 is 1.94 bits per heavy atom. The highest BCUT2D eigenvalue weighted by Gasteiger charge is 1.96. The zero-order valence-electron chi connectivity index (χ0n) is 9.32. The van der Waals surface area contributed by atoms with Crippen LogP contribution in [0.2, 0.25) is 5.02 Å². The maximum Gasteiger partial charge on any atom is 0.0889 e. The Morgan fingerprint density at radius 3 is 2.69 bits per heavy atom. The van der Waals surface area contributed by atoms with Crippen molar-refractivity contribution in [1.29, 1.82) is 0 Å². The third-order valence-corrected chi connectivity index (χ3v) is 2.07. The van der Waals surface area contributed by atoms with Crippen LogP contribution in [0.4, 0.5) is 0 Å². The molecule has 0 aliphatic heterocycles. The van der Waals surface area contributed by atoms with Gasteiger partial charge < -0.3 is 14.2 Å². The van der Waals surface area contributed by atoms with E-state index in [1.165, 1.54) is 0 Å². The van der Waals surface area contributed by atoms with Crippen LogP contribution in [0.15, 0.2) is 18.3 Å². The number of ether oxygens (including phenoxy) is 3. The van der Waals surface area contributed by atoms with Gasteiger partial charge in [-0.15, -0.1) is 0 Å². The Balaban J connectivity index is 2.03. The number of aromatic nitrogens is 1. The second-order valence-electron chi connectivity index (χ2n) is 3.12. The number of hydrogen-bond acceptors (Lipinski definition) is 4. The van der Waals surface area contributed by atoms with Crippen LogP contribution in [-0.4, -0.2) is 38.5 Å². The van der Waals surface area contributed by atoms with Crippen LogP contribution in [-0.2, 0) is 20.8 Å². The number of rotatable bonds is 8. The molecule has 0 atom stereocenters. The molecular weight excluding hydrogens is 230 g/mol. The molecule has 90 valence electrons. The Kier molecular flexibility index (Phi) is 7.09. The molecule has 0 fully saturated rings. The van der Waals surface area contributed by atoms with Crippen LogP contribution in [0.5, 0.6) is 0 Å². The van der Waals surface area contributed by atoms with Crippen molar-refractivity contribution in [3.8, 4) is 0 Å². The van der Waals surface area contributed by atoms with E-state index in [0.29, 0.717) is 38.1 Å². The van der Waals surface area contributed by atoms with Crippen molar-refractivity contribution in [2.24, 2.45) is 0 Å². The lowest BCUT2D eigenvalue weighted by Crippen LogP contribution is -2.08. The van der Waals surface area contributed by atoms with Crippen LogP contribution >= 0.6 is 11.6 Å². The first-order chi connectivity index (χ1) is 7.83. The molecule has 4 nitrogen and oxygen atoms in total. The molecule has 1 aromatic heterocycles. The molecule has 16 heavy (non-hydrogen) atoms. The van der Waals surface area contributed by atoms with E-state index in [4.69, 9.17) is 25.8 Å². The summed E-state index contributed by atoms with van der Waals surface area (Å²) in [6.45, 7) is 2.75. The molecule has 0 unspecified atom stereocenters. The fourth-order valence-electron chi connectivity index (χ4n) is 1.07.